The van der Waals surface area contributed by atoms with Gasteiger partial charge in [0.05, 0.1) is 11.9 Å². The molecule has 0 atom stereocenters. The number of nitrogens with one attached hydrogen (secondary N) is 1. The standard InChI is InChI=1S/C17H20N2O/c1-17(2,3)20-16-12-8-7-9-14(16)13-18-19-15-10-5-4-6-11-15/h4-13,19H,1-3H3. The molecule has 0 saturated heterocycles. The van der Waals surface area contributed by atoms with E-state index in [1.54, 1.807) is 6.21 Å². The van der Waals surface area contributed by atoms with E-state index in [0.717, 1.165) is 17.0 Å². The Balaban J connectivity index is 2.09. The molecule has 2 aromatic carbocycles. The lowest BCUT2D eigenvalue weighted by Gasteiger charge is -2.22. The Hall–Kier alpha value is -2.29. The van der Waals surface area contributed by atoms with E-state index < -0.39 is 0 Å². The van der Waals surface area contributed by atoms with Gasteiger partial charge in [-0.3, -0.25) is 5.43 Å². The normalized spacial score (nSPS) is 11.6. The Morgan fingerprint density at radius 1 is 0.950 bits per heavy atom. The third-order valence-corrected chi connectivity index (χ3v) is 2.51. The predicted octanol–water partition coefficient (Wildman–Crippen LogP) is 4.31. The number of benzene rings is 2. The van der Waals surface area contributed by atoms with Crippen molar-refractivity contribution in [2.75, 3.05) is 5.43 Å². The van der Waals surface area contributed by atoms with Crippen molar-refractivity contribution in [1.29, 1.82) is 0 Å². The molecule has 0 spiro atoms. The third-order valence-electron chi connectivity index (χ3n) is 2.51. The molecule has 0 aliphatic heterocycles. The average Bonchev–Trinajstić information content (AvgIpc) is 2.40. The van der Waals surface area contributed by atoms with Crippen molar-refractivity contribution in [2.45, 2.75) is 26.4 Å². The first-order chi connectivity index (χ1) is 9.54. The van der Waals surface area contributed by atoms with Crippen LogP contribution < -0.4 is 10.2 Å². The maximum Gasteiger partial charge on any atom is 0.128 e. The minimum atomic E-state index is -0.225. The maximum atomic E-state index is 5.92. The number of hydrogen-bond donors (Lipinski definition) is 1. The average molecular weight is 268 g/mol. The first kappa shape index (κ1) is 14.1. The Morgan fingerprint density at radius 2 is 1.60 bits per heavy atom. The van der Waals surface area contributed by atoms with Crippen LogP contribution in [0.3, 0.4) is 0 Å². The summed E-state index contributed by atoms with van der Waals surface area (Å²) in [6.07, 6.45) is 1.77. The van der Waals surface area contributed by atoms with Crippen LogP contribution in [0, 0.1) is 0 Å². The number of ether oxygens (including phenoxy) is 1. The van der Waals surface area contributed by atoms with E-state index in [9.17, 15) is 0 Å². The first-order valence-electron chi connectivity index (χ1n) is 6.67. The van der Waals surface area contributed by atoms with E-state index in [1.165, 1.54) is 0 Å². The van der Waals surface area contributed by atoms with Gasteiger partial charge >= 0.3 is 0 Å². The topological polar surface area (TPSA) is 33.6 Å². The quantitative estimate of drug-likeness (QED) is 0.662. The van der Waals surface area contributed by atoms with Crippen LogP contribution >= 0.6 is 0 Å². The van der Waals surface area contributed by atoms with Crippen LogP contribution in [0.2, 0.25) is 0 Å². The molecule has 1 N–H and O–H groups in total. The molecule has 0 aromatic heterocycles. The van der Waals surface area contributed by atoms with Gasteiger partial charge < -0.3 is 4.74 Å². The van der Waals surface area contributed by atoms with Crippen LogP contribution in [0.25, 0.3) is 0 Å². The van der Waals surface area contributed by atoms with Crippen LogP contribution in [0.4, 0.5) is 5.69 Å². The summed E-state index contributed by atoms with van der Waals surface area (Å²) in [5.41, 5.74) is 4.68. The van der Waals surface area contributed by atoms with Gasteiger partial charge in [-0.2, -0.15) is 5.10 Å². The van der Waals surface area contributed by atoms with Crippen molar-refractivity contribution < 1.29 is 4.74 Å². The van der Waals surface area contributed by atoms with Gasteiger partial charge in [0.1, 0.15) is 11.4 Å². The molecule has 0 radical (unpaired) electrons. The largest absolute Gasteiger partial charge is 0.487 e. The van der Waals surface area contributed by atoms with Gasteiger partial charge in [0.2, 0.25) is 0 Å². The van der Waals surface area contributed by atoms with Crippen LogP contribution in [0.15, 0.2) is 59.7 Å². The molecule has 0 bridgehead atoms. The van der Waals surface area contributed by atoms with Gasteiger partial charge in [-0.15, -0.1) is 0 Å². The summed E-state index contributed by atoms with van der Waals surface area (Å²) in [6.45, 7) is 6.09. The zero-order valence-corrected chi connectivity index (χ0v) is 12.1. The minimum Gasteiger partial charge on any atom is -0.487 e. The first-order valence-corrected chi connectivity index (χ1v) is 6.67. The van der Waals surface area contributed by atoms with E-state index in [1.807, 2.05) is 75.4 Å². The summed E-state index contributed by atoms with van der Waals surface area (Å²) in [5.74, 6) is 0.832. The van der Waals surface area contributed by atoms with E-state index in [-0.39, 0.29) is 5.60 Å². The molecule has 20 heavy (non-hydrogen) atoms. The van der Waals surface area contributed by atoms with Crippen LogP contribution in [-0.4, -0.2) is 11.8 Å². The number of rotatable bonds is 4. The van der Waals surface area contributed by atoms with Crippen LogP contribution in [0.1, 0.15) is 26.3 Å². The second-order valence-electron chi connectivity index (χ2n) is 5.49. The Labute approximate surface area is 120 Å². The Bertz CT molecular complexity index is 571. The number of nitrogens with zero attached hydrogens (tertiary/aromatic N) is 1. The molecule has 2 rings (SSSR count). The zero-order chi connectivity index (χ0) is 14.4. The molecule has 0 unspecified atom stereocenters. The number of hydrazone groups is 1. The van der Waals surface area contributed by atoms with Gasteiger partial charge in [0.15, 0.2) is 0 Å². The SMILES string of the molecule is CC(C)(C)Oc1ccccc1C=NNc1ccccc1. The molecule has 0 aliphatic rings. The van der Waals surface area contributed by atoms with E-state index >= 15 is 0 Å². The second kappa shape index (κ2) is 6.24. The van der Waals surface area contributed by atoms with Gasteiger partial charge in [-0.25, -0.2) is 0 Å². The Morgan fingerprint density at radius 3 is 2.30 bits per heavy atom. The van der Waals surface area contributed by atoms with Crippen LogP contribution in [-0.2, 0) is 0 Å². The van der Waals surface area contributed by atoms with Crippen LogP contribution in [0.5, 0.6) is 5.75 Å². The zero-order valence-electron chi connectivity index (χ0n) is 12.1. The maximum absolute atomic E-state index is 5.92. The van der Waals surface area contributed by atoms with Crippen molar-refractivity contribution in [3.05, 3.63) is 60.2 Å². The lowest BCUT2D eigenvalue weighted by Crippen LogP contribution is -2.23. The number of hydrogen-bond acceptors (Lipinski definition) is 3. The summed E-state index contributed by atoms with van der Waals surface area (Å²) in [7, 11) is 0. The predicted molar refractivity (Wildman–Crippen MR) is 84.5 cm³/mol. The monoisotopic (exact) mass is 268 g/mol. The molecule has 3 nitrogen and oxygen atoms in total. The number of para-hydroxylation sites is 2. The van der Waals surface area contributed by atoms with E-state index in [4.69, 9.17) is 4.74 Å². The lowest BCUT2D eigenvalue weighted by atomic mass is 10.1. The van der Waals surface area contributed by atoms with Gasteiger partial charge in [0, 0.05) is 5.56 Å². The molecule has 3 heteroatoms. The highest BCUT2D eigenvalue weighted by Gasteiger charge is 2.13. The van der Waals surface area contributed by atoms with Crippen molar-refractivity contribution in [2.24, 2.45) is 5.10 Å². The van der Waals surface area contributed by atoms with E-state index in [2.05, 4.69) is 10.5 Å². The molecule has 104 valence electrons. The van der Waals surface area contributed by atoms with Crippen molar-refractivity contribution in [3.8, 4) is 5.75 Å². The lowest BCUT2D eigenvalue weighted by molar-refractivity contribution is 0.130. The summed E-state index contributed by atoms with van der Waals surface area (Å²) in [6, 6.07) is 17.7. The molecule has 0 saturated carbocycles. The Kier molecular flexibility index (Phi) is 4.41. The fourth-order valence-electron chi connectivity index (χ4n) is 1.70. The molecule has 0 heterocycles. The fraction of sp³-hybridized carbons (Fsp3) is 0.235. The highest BCUT2D eigenvalue weighted by molar-refractivity contribution is 5.84. The summed E-state index contributed by atoms with van der Waals surface area (Å²) < 4.78 is 5.92. The number of anilines is 1. The summed E-state index contributed by atoms with van der Waals surface area (Å²) >= 11 is 0. The van der Waals surface area contributed by atoms with Gasteiger partial charge in [-0.1, -0.05) is 30.3 Å². The highest BCUT2D eigenvalue weighted by atomic mass is 16.5. The van der Waals surface area contributed by atoms with Crippen molar-refractivity contribution >= 4 is 11.9 Å². The molecular weight excluding hydrogens is 248 g/mol. The van der Waals surface area contributed by atoms with Gasteiger partial charge in [0.25, 0.3) is 0 Å². The third kappa shape index (κ3) is 4.43. The summed E-state index contributed by atoms with van der Waals surface area (Å²) in [5, 5.41) is 4.25. The smallest absolute Gasteiger partial charge is 0.128 e. The van der Waals surface area contributed by atoms with Crippen molar-refractivity contribution in [3.63, 3.8) is 0 Å². The summed E-state index contributed by atoms with van der Waals surface area (Å²) in [4.78, 5) is 0. The molecular formula is C17H20N2O. The van der Waals surface area contributed by atoms with Gasteiger partial charge in [-0.05, 0) is 45.0 Å². The highest BCUT2D eigenvalue weighted by Crippen LogP contribution is 2.21. The van der Waals surface area contributed by atoms with Crippen molar-refractivity contribution in [1.82, 2.24) is 0 Å². The molecule has 0 amide bonds. The molecule has 0 aliphatic carbocycles. The fourth-order valence-corrected chi connectivity index (χ4v) is 1.70. The van der Waals surface area contributed by atoms with E-state index in [0.29, 0.717) is 0 Å². The molecule has 2 aromatic rings. The molecule has 0 fully saturated rings. The second-order valence-corrected chi connectivity index (χ2v) is 5.49. The minimum absolute atomic E-state index is 0.225.